The van der Waals surface area contributed by atoms with Crippen molar-refractivity contribution in [3.05, 3.63) is 42.4 Å². The van der Waals surface area contributed by atoms with Gasteiger partial charge in [-0.1, -0.05) is 13.8 Å². The van der Waals surface area contributed by atoms with E-state index in [1.165, 1.54) is 0 Å². The second-order valence-corrected chi connectivity index (χ2v) is 10.9. The van der Waals surface area contributed by atoms with Gasteiger partial charge < -0.3 is 15.0 Å². The summed E-state index contributed by atoms with van der Waals surface area (Å²) < 4.78 is 7.43. The molecular formula is C28H34N6O2. The van der Waals surface area contributed by atoms with E-state index >= 15 is 0 Å². The van der Waals surface area contributed by atoms with E-state index in [0.29, 0.717) is 42.1 Å². The molecule has 5 rings (SSSR count). The van der Waals surface area contributed by atoms with Crippen molar-refractivity contribution in [1.82, 2.24) is 19.9 Å². The molecule has 2 aliphatic rings. The third-order valence-corrected chi connectivity index (χ3v) is 7.44. The van der Waals surface area contributed by atoms with Gasteiger partial charge in [-0.15, -0.1) is 0 Å². The molecule has 8 heteroatoms. The van der Waals surface area contributed by atoms with Crippen molar-refractivity contribution in [1.29, 1.82) is 5.26 Å². The second kappa shape index (κ2) is 9.45. The highest BCUT2D eigenvalue weighted by atomic mass is 16.5. The lowest BCUT2D eigenvalue weighted by atomic mass is 9.97. The van der Waals surface area contributed by atoms with Crippen LogP contribution in [0.25, 0.3) is 16.6 Å². The Morgan fingerprint density at radius 2 is 2.03 bits per heavy atom. The standard InChI is InChI=1S/C28H34N6O2/c1-5-36-23-9-24(27-22(12-29)14-31-34(27)17-23)19-6-7-25(30-13-19)33-15-20-10-28(4,11-21(20)16-33)32-26(35)8-18(2)3/h6-7,9,13-14,17-18,20-21H,5,8,10-11,15-16H2,1-4H3,(H,32,35)/t20-,21+,28?. The fraction of sp³-hybridized carbons (Fsp3) is 0.500. The van der Waals surface area contributed by atoms with E-state index in [1.54, 1.807) is 16.9 Å². The van der Waals surface area contributed by atoms with Crippen molar-refractivity contribution in [2.24, 2.45) is 17.8 Å². The van der Waals surface area contributed by atoms with Crippen LogP contribution in [-0.4, -0.2) is 45.7 Å². The monoisotopic (exact) mass is 486 g/mol. The van der Waals surface area contributed by atoms with E-state index in [9.17, 15) is 10.1 Å². The maximum atomic E-state index is 12.4. The fourth-order valence-electron chi connectivity index (χ4n) is 6.07. The maximum absolute atomic E-state index is 12.4. The average Bonchev–Trinajstić information content (AvgIpc) is 3.49. The number of nitrogens with zero attached hydrogens (tertiary/aromatic N) is 5. The number of hydrogen-bond donors (Lipinski definition) is 1. The van der Waals surface area contributed by atoms with Gasteiger partial charge in [-0.2, -0.15) is 10.4 Å². The number of aromatic nitrogens is 3. The predicted molar refractivity (Wildman–Crippen MR) is 139 cm³/mol. The molecule has 0 spiro atoms. The number of rotatable bonds is 7. The van der Waals surface area contributed by atoms with Crippen LogP contribution in [0.2, 0.25) is 0 Å². The van der Waals surface area contributed by atoms with Crippen molar-refractivity contribution in [2.45, 2.75) is 52.5 Å². The summed E-state index contributed by atoms with van der Waals surface area (Å²) in [4.78, 5) is 19.5. The molecule has 1 aliphatic heterocycles. The number of nitriles is 1. The molecular weight excluding hydrogens is 452 g/mol. The van der Waals surface area contributed by atoms with Gasteiger partial charge in [0.15, 0.2) is 0 Å². The Balaban J connectivity index is 1.31. The Kier molecular flexibility index (Phi) is 6.33. The molecule has 36 heavy (non-hydrogen) atoms. The third-order valence-electron chi connectivity index (χ3n) is 7.44. The summed E-state index contributed by atoms with van der Waals surface area (Å²) in [6, 6.07) is 8.31. The minimum absolute atomic E-state index is 0.106. The van der Waals surface area contributed by atoms with E-state index in [2.05, 4.69) is 54.3 Å². The van der Waals surface area contributed by atoms with Crippen LogP contribution in [0.1, 0.15) is 52.5 Å². The van der Waals surface area contributed by atoms with E-state index in [-0.39, 0.29) is 11.4 Å². The van der Waals surface area contributed by atoms with E-state index < -0.39 is 0 Å². The summed E-state index contributed by atoms with van der Waals surface area (Å²) in [5.41, 5.74) is 2.96. The van der Waals surface area contributed by atoms with Crippen LogP contribution in [0.4, 0.5) is 5.82 Å². The molecule has 8 nitrogen and oxygen atoms in total. The molecule has 4 heterocycles. The Hall–Kier alpha value is -3.60. The zero-order chi connectivity index (χ0) is 25.4. The smallest absolute Gasteiger partial charge is 0.220 e. The first-order valence-corrected chi connectivity index (χ1v) is 12.8. The van der Waals surface area contributed by atoms with Crippen LogP contribution in [-0.2, 0) is 4.79 Å². The summed E-state index contributed by atoms with van der Waals surface area (Å²) >= 11 is 0. The minimum Gasteiger partial charge on any atom is -0.492 e. The summed E-state index contributed by atoms with van der Waals surface area (Å²) in [5.74, 6) is 3.32. The lowest BCUT2D eigenvalue weighted by molar-refractivity contribution is -0.123. The highest BCUT2D eigenvalue weighted by molar-refractivity contribution is 5.85. The number of anilines is 1. The SMILES string of the molecule is CCOc1cc(-c2ccc(N3C[C@@H]4CC(C)(NC(=O)CC(C)C)C[C@@H]4C3)nc2)c2c(C#N)cnn2c1. The van der Waals surface area contributed by atoms with Gasteiger partial charge in [0.2, 0.25) is 5.91 Å². The van der Waals surface area contributed by atoms with E-state index in [4.69, 9.17) is 9.72 Å². The number of carbonyl (C=O) groups is 1. The summed E-state index contributed by atoms with van der Waals surface area (Å²) in [5, 5.41) is 17.2. The van der Waals surface area contributed by atoms with E-state index in [1.807, 2.05) is 19.2 Å². The quantitative estimate of drug-likeness (QED) is 0.531. The van der Waals surface area contributed by atoms with Gasteiger partial charge in [0.25, 0.3) is 0 Å². The van der Waals surface area contributed by atoms with Gasteiger partial charge in [-0.25, -0.2) is 9.50 Å². The van der Waals surface area contributed by atoms with Crippen LogP contribution in [0.15, 0.2) is 36.8 Å². The molecule has 3 atom stereocenters. The van der Waals surface area contributed by atoms with Crippen LogP contribution in [0, 0.1) is 29.1 Å². The molecule has 0 bridgehead atoms. The minimum atomic E-state index is -0.106. The molecule has 1 N–H and O–H groups in total. The highest BCUT2D eigenvalue weighted by Crippen LogP contribution is 2.45. The van der Waals surface area contributed by atoms with Crippen molar-refractivity contribution in [3.8, 4) is 22.9 Å². The molecule has 0 radical (unpaired) electrons. The number of hydrogen-bond acceptors (Lipinski definition) is 6. The van der Waals surface area contributed by atoms with Crippen molar-refractivity contribution in [2.75, 3.05) is 24.6 Å². The zero-order valence-corrected chi connectivity index (χ0v) is 21.5. The van der Waals surface area contributed by atoms with Gasteiger partial charge in [-0.3, -0.25) is 4.79 Å². The molecule has 1 aliphatic carbocycles. The van der Waals surface area contributed by atoms with Gasteiger partial charge in [0.1, 0.15) is 17.6 Å². The first-order valence-electron chi connectivity index (χ1n) is 12.8. The molecule has 0 aromatic carbocycles. The Labute approximate surface area is 212 Å². The van der Waals surface area contributed by atoms with Gasteiger partial charge >= 0.3 is 0 Å². The van der Waals surface area contributed by atoms with Crippen LogP contribution < -0.4 is 15.0 Å². The zero-order valence-electron chi connectivity index (χ0n) is 21.5. The van der Waals surface area contributed by atoms with E-state index in [0.717, 1.165) is 48.4 Å². The lowest BCUT2D eigenvalue weighted by Crippen LogP contribution is -2.45. The normalized spacial score (nSPS) is 23.2. The molecule has 2 fully saturated rings. The van der Waals surface area contributed by atoms with Gasteiger partial charge in [0, 0.05) is 42.4 Å². The van der Waals surface area contributed by atoms with Crippen LogP contribution >= 0.6 is 0 Å². The lowest BCUT2D eigenvalue weighted by Gasteiger charge is -2.29. The number of fused-ring (bicyclic) bond motifs is 2. The first kappa shape index (κ1) is 24.1. The highest BCUT2D eigenvalue weighted by Gasteiger charge is 2.47. The predicted octanol–water partition coefficient (Wildman–Crippen LogP) is 4.43. The topological polar surface area (TPSA) is 95.5 Å². The Morgan fingerprint density at radius 1 is 1.28 bits per heavy atom. The number of nitrogens with one attached hydrogen (secondary N) is 1. The van der Waals surface area contributed by atoms with Crippen LogP contribution in [0.3, 0.4) is 0 Å². The van der Waals surface area contributed by atoms with Gasteiger partial charge in [-0.05, 0) is 62.6 Å². The first-order chi connectivity index (χ1) is 17.3. The molecule has 3 aromatic heterocycles. The number of amides is 1. The molecule has 1 saturated carbocycles. The average molecular weight is 487 g/mol. The van der Waals surface area contributed by atoms with Crippen molar-refractivity contribution in [3.63, 3.8) is 0 Å². The van der Waals surface area contributed by atoms with Crippen molar-refractivity contribution < 1.29 is 9.53 Å². The molecule has 3 aromatic rings. The molecule has 1 unspecified atom stereocenters. The molecule has 1 amide bonds. The largest absolute Gasteiger partial charge is 0.492 e. The van der Waals surface area contributed by atoms with Gasteiger partial charge in [0.05, 0.1) is 30.1 Å². The summed E-state index contributed by atoms with van der Waals surface area (Å²) in [7, 11) is 0. The van der Waals surface area contributed by atoms with Crippen LogP contribution in [0.5, 0.6) is 5.75 Å². The fourth-order valence-corrected chi connectivity index (χ4v) is 6.07. The Bertz CT molecular complexity index is 1290. The maximum Gasteiger partial charge on any atom is 0.220 e. The molecule has 188 valence electrons. The van der Waals surface area contributed by atoms with Crippen molar-refractivity contribution >= 4 is 17.2 Å². The number of ether oxygens (including phenoxy) is 1. The number of pyridine rings is 2. The number of carbonyl (C=O) groups excluding carboxylic acids is 1. The summed E-state index contributed by atoms with van der Waals surface area (Å²) in [6.45, 7) is 10.8. The third kappa shape index (κ3) is 4.62. The Morgan fingerprint density at radius 3 is 2.64 bits per heavy atom. The summed E-state index contributed by atoms with van der Waals surface area (Å²) in [6.07, 6.45) is 7.86. The second-order valence-electron chi connectivity index (χ2n) is 10.9. The molecule has 1 saturated heterocycles.